The Morgan fingerprint density at radius 2 is 0.826 bits per heavy atom. The SMILES string of the molecule is CCCCCCC/C=C\C/C=C\CCCCCCCCCCCCCCCCCCCCCC(=O)NC(COP(=O)(O)OCC[N+](C)(C)C)C(O)CCCCCCCCCCCCCCCCCC. The predicted molar refractivity (Wildman–Crippen MR) is 300 cm³/mol. The summed E-state index contributed by atoms with van der Waals surface area (Å²) >= 11 is 0. The number of rotatable bonds is 56. The molecule has 410 valence electrons. The zero-order valence-corrected chi connectivity index (χ0v) is 47.7. The van der Waals surface area contributed by atoms with E-state index >= 15 is 0 Å². The number of unbranched alkanes of at least 4 members (excludes halogenated alkanes) is 39. The summed E-state index contributed by atoms with van der Waals surface area (Å²) in [7, 11) is 1.63. The highest BCUT2D eigenvalue weighted by molar-refractivity contribution is 7.47. The lowest BCUT2D eigenvalue weighted by Gasteiger charge is -2.26. The predicted octanol–water partition coefficient (Wildman–Crippen LogP) is 18.4. The van der Waals surface area contributed by atoms with E-state index in [4.69, 9.17) is 9.05 Å². The van der Waals surface area contributed by atoms with Crippen molar-refractivity contribution in [2.45, 2.75) is 315 Å². The molecule has 0 spiro atoms. The maximum atomic E-state index is 13.0. The summed E-state index contributed by atoms with van der Waals surface area (Å²) in [5.74, 6) is -0.139. The molecule has 0 radical (unpaired) electrons. The molecule has 3 N–H and O–H groups in total. The van der Waals surface area contributed by atoms with Gasteiger partial charge in [-0.1, -0.05) is 276 Å². The van der Waals surface area contributed by atoms with Crippen molar-refractivity contribution < 1.29 is 32.9 Å². The monoisotopic (exact) mass is 996 g/mol. The molecule has 1 amide bonds. The van der Waals surface area contributed by atoms with Gasteiger partial charge in [0.05, 0.1) is 39.9 Å². The van der Waals surface area contributed by atoms with Crippen molar-refractivity contribution in [3.63, 3.8) is 0 Å². The van der Waals surface area contributed by atoms with Crippen LogP contribution < -0.4 is 5.32 Å². The summed E-state index contributed by atoms with van der Waals surface area (Å²) in [6.45, 7) is 4.92. The second-order valence-corrected chi connectivity index (χ2v) is 23.5. The standard InChI is InChI=1S/C60H119N2O6P/c1-6-8-10-12-14-16-18-20-22-24-25-26-27-28-29-30-31-32-33-34-35-36-37-38-40-42-44-46-48-50-52-54-60(64)61-58(57-68-69(65,66)67-56-55-62(3,4)5)59(63)53-51-49-47-45-43-41-39-23-21-19-17-15-13-11-9-7-2/h18,20,24-25,58-59,63H,6-17,19,21-23,26-57H2,1-5H3,(H-,61,64,65,66)/p+1/b20-18-,25-24-. The molecule has 9 heteroatoms. The van der Waals surface area contributed by atoms with Gasteiger partial charge < -0.3 is 19.8 Å². The normalized spacial score (nSPS) is 14.0. The Labute approximate surface area is 430 Å². The van der Waals surface area contributed by atoms with Gasteiger partial charge in [0, 0.05) is 6.42 Å². The zero-order valence-electron chi connectivity index (χ0n) is 46.8. The Balaban J connectivity index is 4.02. The number of hydrogen-bond acceptors (Lipinski definition) is 5. The van der Waals surface area contributed by atoms with Crippen LogP contribution in [0.15, 0.2) is 24.3 Å². The molecule has 0 aliphatic heterocycles. The van der Waals surface area contributed by atoms with Gasteiger partial charge in [-0.15, -0.1) is 0 Å². The maximum Gasteiger partial charge on any atom is 0.472 e. The van der Waals surface area contributed by atoms with Gasteiger partial charge in [0.25, 0.3) is 0 Å². The molecule has 0 aliphatic rings. The van der Waals surface area contributed by atoms with E-state index in [1.54, 1.807) is 0 Å². The van der Waals surface area contributed by atoms with Crippen LogP contribution in [-0.2, 0) is 18.4 Å². The van der Waals surface area contributed by atoms with Crippen LogP contribution in [0.25, 0.3) is 0 Å². The van der Waals surface area contributed by atoms with Crippen LogP contribution in [0.4, 0.5) is 0 Å². The molecule has 69 heavy (non-hydrogen) atoms. The third-order valence-corrected chi connectivity index (χ3v) is 14.9. The summed E-state index contributed by atoms with van der Waals surface area (Å²) in [6.07, 6.45) is 65.3. The molecule has 3 atom stereocenters. The van der Waals surface area contributed by atoms with Gasteiger partial charge in [-0.05, 0) is 44.9 Å². The quantitative estimate of drug-likeness (QED) is 0.0243. The lowest BCUT2D eigenvalue weighted by Crippen LogP contribution is -2.46. The van der Waals surface area contributed by atoms with Crippen molar-refractivity contribution in [3.05, 3.63) is 24.3 Å². The number of phosphoric acid groups is 1. The molecular formula is C60H120N2O6P+. The fourth-order valence-electron chi connectivity index (χ4n) is 9.20. The number of amides is 1. The Hall–Kier alpha value is -1.02. The van der Waals surface area contributed by atoms with E-state index in [0.29, 0.717) is 23.9 Å². The Morgan fingerprint density at radius 3 is 1.19 bits per heavy atom. The number of allylic oxidation sites excluding steroid dienone is 4. The number of carbonyl (C=O) groups is 1. The van der Waals surface area contributed by atoms with Crippen molar-refractivity contribution >= 4 is 13.7 Å². The van der Waals surface area contributed by atoms with Crippen molar-refractivity contribution in [1.82, 2.24) is 5.32 Å². The molecule has 0 saturated heterocycles. The summed E-state index contributed by atoms with van der Waals surface area (Å²) in [5, 5.41) is 14.1. The lowest BCUT2D eigenvalue weighted by atomic mass is 10.0. The average molecular weight is 997 g/mol. The summed E-state index contributed by atoms with van der Waals surface area (Å²) in [4.78, 5) is 23.3. The zero-order chi connectivity index (χ0) is 50.6. The third kappa shape index (κ3) is 54.6. The molecule has 0 aliphatic carbocycles. The number of nitrogens with one attached hydrogen (secondary N) is 1. The molecule has 0 rings (SSSR count). The molecule has 0 aromatic rings. The van der Waals surface area contributed by atoms with E-state index < -0.39 is 20.0 Å². The van der Waals surface area contributed by atoms with Crippen LogP contribution in [0.5, 0.6) is 0 Å². The van der Waals surface area contributed by atoms with Crippen LogP contribution in [0.2, 0.25) is 0 Å². The van der Waals surface area contributed by atoms with Crippen LogP contribution in [0.3, 0.4) is 0 Å². The molecule has 0 bridgehead atoms. The second-order valence-electron chi connectivity index (χ2n) is 22.1. The number of quaternary nitrogens is 1. The average Bonchev–Trinajstić information content (AvgIpc) is 3.31. The molecule has 8 nitrogen and oxygen atoms in total. The Kier molecular flexibility index (Phi) is 51.1. The van der Waals surface area contributed by atoms with E-state index in [1.807, 2.05) is 21.1 Å². The molecule has 0 heterocycles. The first kappa shape index (κ1) is 68.0. The van der Waals surface area contributed by atoms with Gasteiger partial charge in [-0.2, -0.15) is 0 Å². The number of hydrogen-bond donors (Lipinski definition) is 3. The van der Waals surface area contributed by atoms with Gasteiger partial charge in [-0.3, -0.25) is 13.8 Å². The summed E-state index contributed by atoms with van der Waals surface area (Å²) < 4.78 is 23.8. The highest BCUT2D eigenvalue weighted by Gasteiger charge is 2.28. The second kappa shape index (κ2) is 51.9. The van der Waals surface area contributed by atoms with Gasteiger partial charge in [-0.25, -0.2) is 4.57 Å². The van der Waals surface area contributed by atoms with Gasteiger partial charge >= 0.3 is 7.82 Å². The number of likely N-dealkylation sites (N-methyl/N-ethyl adjacent to an activating group) is 1. The van der Waals surface area contributed by atoms with Crippen molar-refractivity contribution in [2.75, 3.05) is 40.9 Å². The van der Waals surface area contributed by atoms with Crippen molar-refractivity contribution in [1.29, 1.82) is 0 Å². The first-order valence-corrected chi connectivity index (χ1v) is 31.7. The fourth-order valence-corrected chi connectivity index (χ4v) is 9.93. The molecular weight excluding hydrogens is 876 g/mol. The minimum Gasteiger partial charge on any atom is -0.391 e. The highest BCUT2D eigenvalue weighted by atomic mass is 31.2. The molecule has 0 fully saturated rings. The molecule has 0 saturated carbocycles. The fraction of sp³-hybridized carbons (Fsp3) is 0.917. The number of aliphatic hydroxyl groups excluding tert-OH is 1. The topological polar surface area (TPSA) is 105 Å². The smallest absolute Gasteiger partial charge is 0.391 e. The largest absolute Gasteiger partial charge is 0.472 e. The molecule has 0 aromatic carbocycles. The first-order valence-electron chi connectivity index (χ1n) is 30.2. The third-order valence-electron chi connectivity index (χ3n) is 14.0. The van der Waals surface area contributed by atoms with Gasteiger partial charge in [0.1, 0.15) is 13.2 Å². The van der Waals surface area contributed by atoms with E-state index in [9.17, 15) is 19.4 Å². The minimum absolute atomic E-state index is 0.0772. The number of nitrogens with zero attached hydrogens (tertiary/aromatic N) is 1. The minimum atomic E-state index is -4.32. The van der Waals surface area contributed by atoms with Gasteiger partial charge in [0.2, 0.25) is 5.91 Å². The Morgan fingerprint density at radius 1 is 0.493 bits per heavy atom. The van der Waals surface area contributed by atoms with E-state index in [1.165, 1.54) is 231 Å². The van der Waals surface area contributed by atoms with Crippen LogP contribution in [-0.4, -0.2) is 73.4 Å². The van der Waals surface area contributed by atoms with E-state index in [0.717, 1.165) is 44.9 Å². The Bertz CT molecular complexity index is 1170. The maximum absolute atomic E-state index is 13.0. The van der Waals surface area contributed by atoms with Crippen LogP contribution in [0, 0.1) is 0 Å². The van der Waals surface area contributed by atoms with Crippen molar-refractivity contribution in [2.24, 2.45) is 0 Å². The molecule has 0 aromatic heterocycles. The molecule has 3 unspecified atom stereocenters. The number of aliphatic hydroxyl groups is 1. The van der Waals surface area contributed by atoms with Crippen LogP contribution in [0.1, 0.15) is 303 Å². The number of carbonyl (C=O) groups excluding carboxylic acids is 1. The highest BCUT2D eigenvalue weighted by Crippen LogP contribution is 2.43. The summed E-state index contributed by atoms with van der Waals surface area (Å²) in [5.41, 5.74) is 0. The number of phosphoric ester groups is 1. The lowest BCUT2D eigenvalue weighted by molar-refractivity contribution is -0.870. The van der Waals surface area contributed by atoms with Crippen molar-refractivity contribution in [3.8, 4) is 0 Å². The van der Waals surface area contributed by atoms with E-state index in [-0.39, 0.29) is 19.1 Å². The van der Waals surface area contributed by atoms with Crippen LogP contribution >= 0.6 is 7.82 Å². The summed E-state index contributed by atoms with van der Waals surface area (Å²) in [6, 6.07) is -0.758. The first-order chi connectivity index (χ1) is 33.5. The van der Waals surface area contributed by atoms with Gasteiger partial charge in [0.15, 0.2) is 0 Å². The van der Waals surface area contributed by atoms with E-state index in [2.05, 4.69) is 43.5 Å².